The first-order valence-electron chi connectivity index (χ1n) is 3.72. The van der Waals surface area contributed by atoms with Crippen LogP contribution in [0.15, 0.2) is 0 Å². The van der Waals surface area contributed by atoms with Crippen molar-refractivity contribution < 1.29 is 9.90 Å². The van der Waals surface area contributed by atoms with Crippen LogP contribution < -0.4 is 5.32 Å². The molecule has 0 spiro atoms. The molecule has 64 valence electrons. The molecule has 1 aliphatic heterocycles. The molecule has 0 saturated carbocycles. The SMILES string of the molecule is CCC1(C)N[C@@H](C(=O)O)CS1. The first-order valence-corrected chi connectivity index (χ1v) is 4.70. The predicted molar refractivity (Wildman–Crippen MR) is 45.7 cm³/mol. The summed E-state index contributed by atoms with van der Waals surface area (Å²) in [4.78, 5) is 10.5. The second-order valence-corrected chi connectivity index (χ2v) is 4.45. The molecule has 2 atom stereocenters. The lowest BCUT2D eigenvalue weighted by molar-refractivity contribution is -0.138. The molecule has 0 aliphatic carbocycles. The fourth-order valence-corrected chi connectivity index (χ4v) is 2.25. The highest BCUT2D eigenvalue weighted by Crippen LogP contribution is 2.32. The second-order valence-electron chi connectivity index (χ2n) is 2.93. The van der Waals surface area contributed by atoms with Crippen LogP contribution in [0.25, 0.3) is 0 Å². The summed E-state index contributed by atoms with van der Waals surface area (Å²) in [7, 11) is 0. The lowest BCUT2D eigenvalue weighted by atomic mass is 10.2. The number of nitrogens with one attached hydrogen (secondary N) is 1. The lowest BCUT2D eigenvalue weighted by Crippen LogP contribution is -2.42. The van der Waals surface area contributed by atoms with Crippen molar-refractivity contribution >= 4 is 17.7 Å². The predicted octanol–water partition coefficient (Wildman–Crippen LogP) is 0.902. The first-order chi connectivity index (χ1) is 5.07. The zero-order chi connectivity index (χ0) is 8.48. The van der Waals surface area contributed by atoms with E-state index in [1.807, 2.05) is 6.92 Å². The van der Waals surface area contributed by atoms with Gasteiger partial charge in [0, 0.05) is 5.75 Å². The standard InChI is InChI=1S/C7H13NO2S/c1-3-7(2)8-5(4-11-7)6(9)10/h5,8H,3-4H2,1-2H3,(H,9,10)/t5-,7?/m1/s1. The van der Waals surface area contributed by atoms with Crippen molar-refractivity contribution in [1.82, 2.24) is 5.32 Å². The zero-order valence-corrected chi connectivity index (χ0v) is 7.57. The Morgan fingerprint density at radius 1 is 1.91 bits per heavy atom. The maximum Gasteiger partial charge on any atom is 0.321 e. The summed E-state index contributed by atoms with van der Waals surface area (Å²) in [5.41, 5.74) is 0. The molecule has 3 nitrogen and oxygen atoms in total. The highest BCUT2D eigenvalue weighted by Gasteiger charge is 2.36. The van der Waals surface area contributed by atoms with E-state index in [1.54, 1.807) is 11.8 Å². The van der Waals surface area contributed by atoms with E-state index in [1.165, 1.54) is 0 Å². The number of carbonyl (C=O) groups is 1. The number of rotatable bonds is 2. The Labute approximate surface area is 70.6 Å². The first kappa shape index (κ1) is 8.87. The second kappa shape index (κ2) is 3.03. The minimum Gasteiger partial charge on any atom is -0.480 e. The minimum absolute atomic E-state index is 0.0247. The van der Waals surface area contributed by atoms with Crippen LogP contribution in [0.2, 0.25) is 0 Å². The van der Waals surface area contributed by atoms with Crippen molar-refractivity contribution in [2.75, 3.05) is 5.75 Å². The van der Waals surface area contributed by atoms with E-state index in [9.17, 15) is 4.79 Å². The number of thioether (sulfide) groups is 1. The Morgan fingerprint density at radius 3 is 2.82 bits per heavy atom. The van der Waals surface area contributed by atoms with E-state index < -0.39 is 5.97 Å². The van der Waals surface area contributed by atoms with Gasteiger partial charge in [-0.25, -0.2) is 0 Å². The number of hydrogen-bond acceptors (Lipinski definition) is 3. The molecule has 0 aromatic rings. The summed E-state index contributed by atoms with van der Waals surface area (Å²) in [5, 5.41) is 11.7. The van der Waals surface area contributed by atoms with Gasteiger partial charge in [0.2, 0.25) is 0 Å². The summed E-state index contributed by atoms with van der Waals surface area (Å²) in [6, 6.07) is -0.357. The Hall–Kier alpha value is -0.220. The molecule has 1 saturated heterocycles. The van der Waals surface area contributed by atoms with Gasteiger partial charge in [0.05, 0.1) is 4.87 Å². The van der Waals surface area contributed by atoms with E-state index in [2.05, 4.69) is 12.2 Å². The van der Waals surface area contributed by atoms with Gasteiger partial charge in [-0.1, -0.05) is 6.92 Å². The maximum atomic E-state index is 10.5. The zero-order valence-electron chi connectivity index (χ0n) is 6.76. The van der Waals surface area contributed by atoms with Crippen molar-refractivity contribution in [3.8, 4) is 0 Å². The van der Waals surface area contributed by atoms with Gasteiger partial charge in [0.25, 0.3) is 0 Å². The maximum absolute atomic E-state index is 10.5. The summed E-state index contributed by atoms with van der Waals surface area (Å²) in [6.07, 6.45) is 0.960. The van der Waals surface area contributed by atoms with Crippen LogP contribution in [0.4, 0.5) is 0 Å². The molecule has 1 unspecified atom stereocenters. The number of carboxylic acids is 1. The summed E-state index contributed by atoms with van der Waals surface area (Å²) >= 11 is 1.69. The number of hydrogen-bond donors (Lipinski definition) is 2. The smallest absolute Gasteiger partial charge is 0.321 e. The van der Waals surface area contributed by atoms with E-state index in [-0.39, 0.29) is 10.9 Å². The van der Waals surface area contributed by atoms with Gasteiger partial charge in [-0.05, 0) is 13.3 Å². The van der Waals surface area contributed by atoms with Crippen LogP contribution in [0, 0.1) is 0 Å². The van der Waals surface area contributed by atoms with Crippen molar-refractivity contribution in [2.24, 2.45) is 0 Å². The van der Waals surface area contributed by atoms with E-state index in [0.717, 1.165) is 6.42 Å². The van der Waals surface area contributed by atoms with Crippen molar-refractivity contribution in [2.45, 2.75) is 31.2 Å². The van der Waals surface area contributed by atoms with Crippen molar-refractivity contribution in [3.05, 3.63) is 0 Å². The quantitative estimate of drug-likeness (QED) is 0.654. The van der Waals surface area contributed by atoms with Crippen LogP contribution in [0.3, 0.4) is 0 Å². The molecular weight excluding hydrogens is 162 g/mol. The molecule has 1 heterocycles. The van der Waals surface area contributed by atoms with Gasteiger partial charge >= 0.3 is 5.97 Å². The fraction of sp³-hybridized carbons (Fsp3) is 0.857. The lowest BCUT2D eigenvalue weighted by Gasteiger charge is -2.21. The monoisotopic (exact) mass is 175 g/mol. The average Bonchev–Trinajstić information content (AvgIpc) is 2.33. The Morgan fingerprint density at radius 2 is 2.55 bits per heavy atom. The highest BCUT2D eigenvalue weighted by atomic mass is 32.2. The molecule has 11 heavy (non-hydrogen) atoms. The van der Waals surface area contributed by atoms with E-state index in [0.29, 0.717) is 5.75 Å². The van der Waals surface area contributed by atoms with Gasteiger partial charge in [-0.2, -0.15) is 0 Å². The summed E-state index contributed by atoms with van der Waals surface area (Å²) < 4.78 is 0. The van der Waals surface area contributed by atoms with Crippen LogP contribution in [-0.2, 0) is 4.79 Å². The molecule has 0 amide bonds. The molecule has 0 aromatic heterocycles. The van der Waals surface area contributed by atoms with Crippen LogP contribution >= 0.6 is 11.8 Å². The largest absolute Gasteiger partial charge is 0.480 e. The molecule has 1 fully saturated rings. The normalized spacial score (nSPS) is 37.5. The number of carboxylic acid groups (broad SMARTS) is 1. The molecule has 4 heteroatoms. The van der Waals surface area contributed by atoms with Gasteiger partial charge < -0.3 is 5.11 Å². The third-order valence-electron chi connectivity index (χ3n) is 2.02. The average molecular weight is 175 g/mol. The van der Waals surface area contributed by atoms with E-state index >= 15 is 0 Å². The Bertz CT molecular complexity index is 174. The minimum atomic E-state index is -0.741. The molecule has 1 rings (SSSR count). The topological polar surface area (TPSA) is 49.3 Å². The van der Waals surface area contributed by atoms with Gasteiger partial charge in [-0.15, -0.1) is 11.8 Å². The van der Waals surface area contributed by atoms with Crippen LogP contribution in [-0.4, -0.2) is 27.7 Å². The van der Waals surface area contributed by atoms with Crippen LogP contribution in [0.1, 0.15) is 20.3 Å². The van der Waals surface area contributed by atoms with Crippen molar-refractivity contribution in [1.29, 1.82) is 0 Å². The molecular formula is C7H13NO2S. The Balaban J connectivity index is 2.53. The number of aliphatic carboxylic acids is 1. The third kappa shape index (κ3) is 1.87. The molecule has 1 aliphatic rings. The van der Waals surface area contributed by atoms with E-state index in [4.69, 9.17) is 5.11 Å². The van der Waals surface area contributed by atoms with Crippen molar-refractivity contribution in [3.63, 3.8) is 0 Å². The summed E-state index contributed by atoms with van der Waals surface area (Å²) in [5.74, 6) is -0.0608. The molecule has 0 aromatic carbocycles. The molecule has 2 N–H and O–H groups in total. The van der Waals surface area contributed by atoms with Gasteiger partial charge in [-0.3, -0.25) is 10.1 Å². The van der Waals surface area contributed by atoms with Gasteiger partial charge in [0.1, 0.15) is 6.04 Å². The molecule has 0 bridgehead atoms. The highest BCUT2D eigenvalue weighted by molar-refractivity contribution is 8.00. The fourth-order valence-electron chi connectivity index (χ4n) is 1.06. The summed E-state index contributed by atoms with van der Waals surface area (Å²) in [6.45, 7) is 4.10. The van der Waals surface area contributed by atoms with Gasteiger partial charge in [0.15, 0.2) is 0 Å². The third-order valence-corrected chi connectivity index (χ3v) is 3.56. The van der Waals surface area contributed by atoms with Crippen LogP contribution in [0.5, 0.6) is 0 Å². The Kier molecular flexibility index (Phi) is 2.44. The molecule has 0 radical (unpaired) electrons.